The van der Waals surface area contributed by atoms with E-state index < -0.39 is 9.84 Å². The Balaban J connectivity index is 1.21. The number of carbonyl (C=O) groups is 1. The molecule has 8 nitrogen and oxygen atoms in total. The topological polar surface area (TPSA) is 97.2 Å². The van der Waals surface area contributed by atoms with Gasteiger partial charge in [-0.1, -0.05) is 18.6 Å². The van der Waals surface area contributed by atoms with Crippen molar-refractivity contribution in [2.75, 3.05) is 29.9 Å². The first-order valence-corrected chi connectivity index (χ1v) is 13.6. The molecule has 1 atom stereocenters. The number of sulfone groups is 1. The normalized spacial score (nSPS) is 24.1. The van der Waals surface area contributed by atoms with Gasteiger partial charge in [-0.3, -0.25) is 9.69 Å². The third kappa shape index (κ3) is 4.59. The van der Waals surface area contributed by atoms with Gasteiger partial charge in [0.1, 0.15) is 5.82 Å². The summed E-state index contributed by atoms with van der Waals surface area (Å²) in [6, 6.07) is 8.00. The van der Waals surface area contributed by atoms with Crippen LogP contribution in [0.2, 0.25) is 0 Å². The number of hydrogen-bond acceptors (Lipinski definition) is 6. The minimum absolute atomic E-state index is 0.0425. The van der Waals surface area contributed by atoms with Crippen LogP contribution in [0.4, 0.5) is 5.69 Å². The van der Waals surface area contributed by atoms with Gasteiger partial charge in [-0.15, -0.1) is 10.2 Å². The monoisotopic (exact) mass is 457 g/mol. The molecule has 4 heterocycles. The van der Waals surface area contributed by atoms with Crippen LogP contribution in [-0.2, 0) is 27.6 Å². The number of fused-ring (bicyclic) bond motifs is 1. The highest BCUT2D eigenvalue weighted by molar-refractivity contribution is 7.91. The van der Waals surface area contributed by atoms with Gasteiger partial charge in [-0.25, -0.2) is 8.42 Å². The van der Waals surface area contributed by atoms with E-state index in [1.807, 2.05) is 24.3 Å². The fourth-order valence-electron chi connectivity index (χ4n) is 5.27. The summed E-state index contributed by atoms with van der Waals surface area (Å²) < 4.78 is 25.8. The number of nitrogens with zero attached hydrogens (tertiary/aromatic N) is 4. The Morgan fingerprint density at radius 3 is 2.66 bits per heavy atom. The molecule has 2 aromatic rings. The van der Waals surface area contributed by atoms with Crippen molar-refractivity contribution in [2.45, 2.75) is 57.5 Å². The molecule has 0 bridgehead atoms. The Kier molecular flexibility index (Phi) is 6.03. The molecule has 0 aliphatic carbocycles. The molecule has 0 unspecified atom stereocenters. The molecule has 1 amide bonds. The molecule has 32 heavy (non-hydrogen) atoms. The molecule has 2 fully saturated rings. The number of aryl methyl sites for hydroxylation is 1. The number of piperidine rings is 1. The van der Waals surface area contributed by atoms with Crippen LogP contribution in [0.15, 0.2) is 24.3 Å². The number of amides is 1. The summed E-state index contributed by atoms with van der Waals surface area (Å²) in [7, 11) is -2.88. The Bertz CT molecular complexity index is 1090. The molecule has 2 saturated heterocycles. The average molecular weight is 458 g/mol. The summed E-state index contributed by atoms with van der Waals surface area (Å²) in [4.78, 5) is 15.2. The number of carbonyl (C=O) groups excluding carboxylic acids is 1. The minimum atomic E-state index is -2.88. The molecular formula is C23H31N5O3S. The van der Waals surface area contributed by atoms with Gasteiger partial charge >= 0.3 is 0 Å². The van der Waals surface area contributed by atoms with Gasteiger partial charge in [-0.05, 0) is 57.3 Å². The molecule has 0 radical (unpaired) electrons. The van der Waals surface area contributed by atoms with Gasteiger partial charge in [0.15, 0.2) is 15.7 Å². The van der Waals surface area contributed by atoms with Gasteiger partial charge in [0, 0.05) is 36.2 Å². The van der Waals surface area contributed by atoms with Crippen molar-refractivity contribution in [3.63, 3.8) is 0 Å². The van der Waals surface area contributed by atoms with E-state index in [4.69, 9.17) is 0 Å². The average Bonchev–Trinajstić information content (AvgIpc) is 3.28. The first-order valence-electron chi connectivity index (χ1n) is 11.8. The predicted molar refractivity (Wildman–Crippen MR) is 123 cm³/mol. The first-order chi connectivity index (χ1) is 15.5. The van der Waals surface area contributed by atoms with E-state index in [1.54, 1.807) is 0 Å². The second-order valence-electron chi connectivity index (χ2n) is 9.34. The van der Waals surface area contributed by atoms with Gasteiger partial charge < -0.3 is 9.88 Å². The van der Waals surface area contributed by atoms with Crippen molar-refractivity contribution in [2.24, 2.45) is 5.92 Å². The lowest BCUT2D eigenvalue weighted by molar-refractivity contribution is -0.121. The third-order valence-electron chi connectivity index (χ3n) is 7.12. The molecule has 5 rings (SSSR count). The van der Waals surface area contributed by atoms with Crippen molar-refractivity contribution >= 4 is 21.4 Å². The summed E-state index contributed by atoms with van der Waals surface area (Å²) in [6.07, 6.45) is 6.73. The highest BCUT2D eigenvalue weighted by Gasteiger charge is 2.35. The molecule has 0 spiro atoms. The van der Waals surface area contributed by atoms with Gasteiger partial charge in [-0.2, -0.15) is 0 Å². The Morgan fingerprint density at radius 2 is 1.88 bits per heavy atom. The fraction of sp³-hybridized carbons (Fsp3) is 0.609. The SMILES string of the molecule is O=C(Nc1cccc(-c2nnc3n2CCCCC3)c1)C1CCN([C@@H]2CCS(=O)(=O)C2)CC1. The minimum Gasteiger partial charge on any atom is -0.326 e. The summed E-state index contributed by atoms with van der Waals surface area (Å²) in [5.74, 6) is 2.48. The van der Waals surface area contributed by atoms with E-state index in [9.17, 15) is 13.2 Å². The van der Waals surface area contributed by atoms with Crippen LogP contribution in [0.25, 0.3) is 11.4 Å². The number of aromatic nitrogens is 3. The van der Waals surface area contributed by atoms with Crippen LogP contribution in [-0.4, -0.2) is 64.6 Å². The molecule has 9 heteroatoms. The van der Waals surface area contributed by atoms with Crippen LogP contribution in [0.1, 0.15) is 44.3 Å². The molecular weight excluding hydrogens is 426 g/mol. The van der Waals surface area contributed by atoms with E-state index >= 15 is 0 Å². The molecule has 1 aromatic carbocycles. The lowest BCUT2D eigenvalue weighted by Crippen LogP contribution is -2.44. The largest absolute Gasteiger partial charge is 0.326 e. The van der Waals surface area contributed by atoms with Crippen molar-refractivity contribution in [3.8, 4) is 11.4 Å². The quantitative estimate of drug-likeness (QED) is 0.758. The number of likely N-dealkylation sites (tertiary alicyclic amines) is 1. The maximum atomic E-state index is 12.9. The molecule has 172 valence electrons. The van der Waals surface area contributed by atoms with E-state index in [0.29, 0.717) is 5.75 Å². The summed E-state index contributed by atoms with van der Waals surface area (Å²) in [6.45, 7) is 2.50. The van der Waals surface area contributed by atoms with Gasteiger partial charge in [0.25, 0.3) is 0 Å². The van der Waals surface area contributed by atoms with E-state index in [2.05, 4.69) is 25.0 Å². The number of nitrogens with one attached hydrogen (secondary N) is 1. The maximum Gasteiger partial charge on any atom is 0.227 e. The highest BCUT2D eigenvalue weighted by atomic mass is 32.2. The van der Waals surface area contributed by atoms with Crippen molar-refractivity contribution in [3.05, 3.63) is 30.1 Å². The van der Waals surface area contributed by atoms with Gasteiger partial charge in [0.2, 0.25) is 5.91 Å². The Labute approximate surface area is 189 Å². The Morgan fingerprint density at radius 1 is 1.03 bits per heavy atom. The number of benzene rings is 1. The summed E-state index contributed by atoms with van der Waals surface area (Å²) >= 11 is 0. The van der Waals surface area contributed by atoms with Crippen molar-refractivity contribution < 1.29 is 13.2 Å². The third-order valence-corrected chi connectivity index (χ3v) is 8.87. The number of hydrogen-bond donors (Lipinski definition) is 1. The van der Waals surface area contributed by atoms with Gasteiger partial charge in [0.05, 0.1) is 11.5 Å². The highest BCUT2D eigenvalue weighted by Crippen LogP contribution is 2.27. The zero-order valence-corrected chi connectivity index (χ0v) is 19.2. The van der Waals surface area contributed by atoms with Crippen molar-refractivity contribution in [1.82, 2.24) is 19.7 Å². The van der Waals surface area contributed by atoms with Crippen LogP contribution in [0.5, 0.6) is 0 Å². The van der Waals surface area contributed by atoms with Crippen LogP contribution in [0, 0.1) is 5.92 Å². The zero-order chi connectivity index (χ0) is 22.1. The van der Waals surface area contributed by atoms with E-state index in [1.165, 1.54) is 6.42 Å². The van der Waals surface area contributed by atoms with Crippen LogP contribution in [0.3, 0.4) is 0 Å². The molecule has 3 aliphatic rings. The van der Waals surface area contributed by atoms with Crippen molar-refractivity contribution in [1.29, 1.82) is 0 Å². The smallest absolute Gasteiger partial charge is 0.227 e. The second-order valence-corrected chi connectivity index (χ2v) is 11.6. The summed E-state index contributed by atoms with van der Waals surface area (Å²) in [5, 5.41) is 11.9. The maximum absolute atomic E-state index is 12.9. The van der Waals surface area contributed by atoms with Crippen LogP contribution >= 0.6 is 0 Å². The number of rotatable bonds is 4. The fourth-order valence-corrected chi connectivity index (χ4v) is 7.03. The number of anilines is 1. The van der Waals surface area contributed by atoms with E-state index in [0.717, 1.165) is 81.1 Å². The van der Waals surface area contributed by atoms with Crippen LogP contribution < -0.4 is 5.32 Å². The first kappa shape index (κ1) is 21.6. The molecule has 0 saturated carbocycles. The molecule has 3 aliphatic heterocycles. The zero-order valence-electron chi connectivity index (χ0n) is 18.4. The summed E-state index contributed by atoms with van der Waals surface area (Å²) in [5.41, 5.74) is 1.75. The predicted octanol–water partition coefficient (Wildman–Crippen LogP) is 2.51. The lowest BCUT2D eigenvalue weighted by atomic mass is 9.94. The lowest BCUT2D eigenvalue weighted by Gasteiger charge is -2.34. The van der Waals surface area contributed by atoms with E-state index in [-0.39, 0.29) is 23.6 Å². The molecule has 1 aromatic heterocycles. The second kappa shape index (κ2) is 8.94. The standard InChI is InChI=1S/C23H31N5O3S/c29-23(17-8-12-27(13-9-17)20-10-14-32(30,31)16-20)24-19-6-4-5-18(15-19)22-26-25-21-7-2-1-3-11-28(21)22/h4-6,15,17,20H,1-3,7-14,16H2,(H,24,29)/t20-/m1/s1. The molecule has 1 N–H and O–H groups in total. The Hall–Kier alpha value is -2.26.